The Labute approximate surface area is 87.3 Å². The lowest BCUT2D eigenvalue weighted by molar-refractivity contribution is -0.0661. The minimum atomic E-state index is -0.154. The van der Waals surface area contributed by atoms with Gasteiger partial charge in [-0.1, -0.05) is 33.6 Å². The van der Waals surface area contributed by atoms with Crippen molar-refractivity contribution < 1.29 is 5.11 Å². The van der Waals surface area contributed by atoms with Gasteiger partial charge in [-0.2, -0.15) is 12.6 Å². The second kappa shape index (κ2) is 3.82. The first-order valence-corrected chi connectivity index (χ1v) is 5.86. The Morgan fingerprint density at radius 3 is 2.31 bits per heavy atom. The lowest BCUT2D eigenvalue weighted by atomic mass is 9.59. The summed E-state index contributed by atoms with van der Waals surface area (Å²) in [5, 5.41) is 10.1. The average Bonchev–Trinajstić information content (AvgIpc) is 2.03. The molecule has 0 aliphatic heterocycles. The number of thiol groups is 1. The van der Waals surface area contributed by atoms with Gasteiger partial charge in [0.05, 0.1) is 6.10 Å². The zero-order valence-electron chi connectivity index (χ0n) is 9.01. The van der Waals surface area contributed by atoms with Gasteiger partial charge in [0.25, 0.3) is 0 Å². The molecule has 13 heavy (non-hydrogen) atoms. The molecule has 1 saturated carbocycles. The molecule has 0 heterocycles. The van der Waals surface area contributed by atoms with E-state index in [9.17, 15) is 5.11 Å². The fraction of sp³-hybridized carbons (Fsp3) is 1.00. The molecule has 0 aromatic carbocycles. The fourth-order valence-corrected chi connectivity index (χ4v) is 3.36. The van der Waals surface area contributed by atoms with Crippen LogP contribution in [0.4, 0.5) is 0 Å². The van der Waals surface area contributed by atoms with Crippen LogP contribution < -0.4 is 0 Å². The van der Waals surface area contributed by atoms with Gasteiger partial charge in [0.2, 0.25) is 0 Å². The Balaban J connectivity index is 2.89. The minimum absolute atomic E-state index is 0.0361. The first-order chi connectivity index (χ1) is 5.94. The van der Waals surface area contributed by atoms with E-state index >= 15 is 0 Å². The quantitative estimate of drug-likeness (QED) is 0.627. The average molecular weight is 202 g/mol. The van der Waals surface area contributed by atoms with Crippen molar-refractivity contribution in [2.45, 2.75) is 52.6 Å². The highest BCUT2D eigenvalue weighted by molar-refractivity contribution is 7.80. The van der Waals surface area contributed by atoms with Crippen LogP contribution in [0.3, 0.4) is 0 Å². The van der Waals surface area contributed by atoms with Gasteiger partial charge in [-0.3, -0.25) is 0 Å². The zero-order valence-corrected chi connectivity index (χ0v) is 9.90. The predicted molar refractivity (Wildman–Crippen MR) is 60.2 cm³/mol. The molecule has 0 aromatic rings. The molecule has 0 bridgehead atoms. The Morgan fingerprint density at radius 1 is 1.38 bits per heavy atom. The molecular weight excluding hydrogens is 180 g/mol. The lowest BCUT2D eigenvalue weighted by Crippen LogP contribution is -2.49. The van der Waals surface area contributed by atoms with E-state index in [-0.39, 0.29) is 16.9 Å². The van der Waals surface area contributed by atoms with Crippen molar-refractivity contribution in [2.75, 3.05) is 5.75 Å². The van der Waals surface area contributed by atoms with Gasteiger partial charge in [0.15, 0.2) is 0 Å². The van der Waals surface area contributed by atoms with Crippen LogP contribution >= 0.6 is 12.6 Å². The van der Waals surface area contributed by atoms with Crippen molar-refractivity contribution in [3.63, 3.8) is 0 Å². The van der Waals surface area contributed by atoms with Crippen LogP contribution in [0.2, 0.25) is 0 Å². The van der Waals surface area contributed by atoms with Crippen LogP contribution in [-0.2, 0) is 0 Å². The maximum Gasteiger partial charge on any atom is 0.0609 e. The highest BCUT2D eigenvalue weighted by Gasteiger charge is 2.47. The van der Waals surface area contributed by atoms with Gasteiger partial charge in [0.1, 0.15) is 0 Å². The molecule has 0 radical (unpaired) electrons. The predicted octanol–water partition coefficient (Wildman–Crippen LogP) is 2.88. The molecule has 1 fully saturated rings. The molecule has 1 aliphatic carbocycles. The van der Waals surface area contributed by atoms with E-state index < -0.39 is 0 Å². The van der Waals surface area contributed by atoms with Crippen LogP contribution in [0.5, 0.6) is 0 Å². The summed E-state index contributed by atoms with van der Waals surface area (Å²) in [4.78, 5) is 0. The maximum atomic E-state index is 10.1. The largest absolute Gasteiger partial charge is 0.392 e. The van der Waals surface area contributed by atoms with Gasteiger partial charge < -0.3 is 5.11 Å². The molecule has 2 heteroatoms. The summed E-state index contributed by atoms with van der Waals surface area (Å²) in [5.74, 6) is 0.803. The summed E-state index contributed by atoms with van der Waals surface area (Å²) in [5.41, 5.74) is 0.197. The number of rotatable bonds is 1. The summed E-state index contributed by atoms with van der Waals surface area (Å²) < 4.78 is 0. The van der Waals surface area contributed by atoms with Gasteiger partial charge in [-0.05, 0) is 24.0 Å². The number of aliphatic hydroxyl groups excluding tert-OH is 1. The molecule has 78 valence electrons. The molecule has 1 N–H and O–H groups in total. The summed E-state index contributed by atoms with van der Waals surface area (Å²) in [6, 6.07) is 0. The van der Waals surface area contributed by atoms with Crippen molar-refractivity contribution in [1.82, 2.24) is 0 Å². The minimum Gasteiger partial charge on any atom is -0.392 e. The van der Waals surface area contributed by atoms with Crippen molar-refractivity contribution in [3.8, 4) is 0 Å². The number of hydrogen-bond donors (Lipinski definition) is 2. The maximum absolute atomic E-state index is 10.1. The Morgan fingerprint density at radius 2 is 2.00 bits per heavy atom. The van der Waals surface area contributed by atoms with Crippen LogP contribution in [0.25, 0.3) is 0 Å². The molecule has 0 amide bonds. The highest BCUT2D eigenvalue weighted by Crippen LogP contribution is 2.50. The molecule has 0 saturated heterocycles. The normalized spacial score (nSPS) is 36.2. The van der Waals surface area contributed by atoms with Crippen molar-refractivity contribution >= 4 is 12.6 Å². The standard InChI is InChI=1S/C11H22OS/c1-10(2,3)11(8-13)7-5-4-6-9(11)12/h9,12-13H,4-8H2,1-3H3. The Hall–Kier alpha value is 0.310. The van der Waals surface area contributed by atoms with Crippen LogP contribution in [0, 0.1) is 10.8 Å². The highest BCUT2D eigenvalue weighted by atomic mass is 32.1. The third-order valence-corrected chi connectivity index (χ3v) is 4.33. The first kappa shape index (κ1) is 11.4. The van der Waals surface area contributed by atoms with Crippen molar-refractivity contribution in [2.24, 2.45) is 10.8 Å². The molecule has 1 rings (SSSR count). The fourth-order valence-electron chi connectivity index (χ4n) is 2.52. The first-order valence-electron chi connectivity index (χ1n) is 5.23. The van der Waals surface area contributed by atoms with E-state index in [0.717, 1.165) is 18.6 Å². The van der Waals surface area contributed by atoms with E-state index in [2.05, 4.69) is 33.4 Å². The van der Waals surface area contributed by atoms with Gasteiger partial charge in [-0.25, -0.2) is 0 Å². The third-order valence-electron chi connectivity index (χ3n) is 3.76. The number of hydrogen-bond acceptors (Lipinski definition) is 2. The van der Waals surface area contributed by atoms with Gasteiger partial charge in [0, 0.05) is 5.41 Å². The SMILES string of the molecule is CC(C)(C)C1(CS)CCCCC1O. The Bertz CT molecular complexity index is 173. The van der Waals surface area contributed by atoms with Crippen LogP contribution in [0.15, 0.2) is 0 Å². The lowest BCUT2D eigenvalue weighted by Gasteiger charge is -2.50. The van der Waals surface area contributed by atoms with E-state index in [4.69, 9.17) is 0 Å². The Kier molecular flexibility index (Phi) is 3.34. The smallest absolute Gasteiger partial charge is 0.0609 e. The van der Waals surface area contributed by atoms with E-state index in [1.807, 2.05) is 0 Å². The molecule has 1 aliphatic rings. The summed E-state index contributed by atoms with van der Waals surface area (Å²) in [6.45, 7) is 6.66. The summed E-state index contributed by atoms with van der Waals surface area (Å²) in [6.07, 6.45) is 4.35. The van der Waals surface area contributed by atoms with Crippen molar-refractivity contribution in [1.29, 1.82) is 0 Å². The van der Waals surface area contributed by atoms with E-state index in [1.165, 1.54) is 12.8 Å². The van der Waals surface area contributed by atoms with Crippen LogP contribution in [0.1, 0.15) is 46.5 Å². The van der Waals surface area contributed by atoms with E-state index in [0.29, 0.717) is 0 Å². The second-order valence-corrected chi connectivity index (χ2v) is 5.64. The van der Waals surface area contributed by atoms with E-state index in [1.54, 1.807) is 0 Å². The summed E-state index contributed by atoms with van der Waals surface area (Å²) in [7, 11) is 0. The molecule has 1 nitrogen and oxygen atoms in total. The molecule has 2 atom stereocenters. The topological polar surface area (TPSA) is 20.2 Å². The van der Waals surface area contributed by atoms with Gasteiger partial charge in [-0.15, -0.1) is 0 Å². The van der Waals surface area contributed by atoms with Crippen LogP contribution in [-0.4, -0.2) is 17.0 Å². The molecule has 0 spiro atoms. The second-order valence-electron chi connectivity index (χ2n) is 5.33. The molecule has 0 aromatic heterocycles. The monoisotopic (exact) mass is 202 g/mol. The van der Waals surface area contributed by atoms with Crippen molar-refractivity contribution in [3.05, 3.63) is 0 Å². The zero-order chi connectivity index (χ0) is 10.1. The molecule has 2 unspecified atom stereocenters. The number of aliphatic hydroxyl groups is 1. The van der Waals surface area contributed by atoms with Gasteiger partial charge >= 0.3 is 0 Å². The molecular formula is C11H22OS. The summed E-state index contributed by atoms with van der Waals surface area (Å²) >= 11 is 4.44. The third kappa shape index (κ3) is 1.89.